The van der Waals surface area contributed by atoms with E-state index in [-0.39, 0.29) is 17.5 Å². The Morgan fingerprint density at radius 2 is 1.97 bits per heavy atom. The van der Waals surface area contributed by atoms with E-state index in [1.54, 1.807) is 7.05 Å². The summed E-state index contributed by atoms with van der Waals surface area (Å²) in [5.41, 5.74) is 2.05. The van der Waals surface area contributed by atoms with Crippen molar-refractivity contribution in [1.29, 1.82) is 0 Å². The zero-order valence-corrected chi connectivity index (χ0v) is 18.0. The summed E-state index contributed by atoms with van der Waals surface area (Å²) in [4.78, 5) is 24.7. The molecule has 1 atom stereocenters. The van der Waals surface area contributed by atoms with Crippen LogP contribution < -0.4 is 10.9 Å². The van der Waals surface area contributed by atoms with Gasteiger partial charge in [0.1, 0.15) is 10.5 Å². The molecule has 1 amide bonds. The van der Waals surface area contributed by atoms with Gasteiger partial charge in [0.2, 0.25) is 11.7 Å². The third-order valence-electron chi connectivity index (χ3n) is 5.32. The van der Waals surface area contributed by atoms with Gasteiger partial charge in [-0.3, -0.25) is 18.6 Å². The normalized spacial score (nSPS) is 12.5. The highest BCUT2D eigenvalue weighted by Gasteiger charge is 2.16. The molecule has 1 N–H and O–H groups in total. The van der Waals surface area contributed by atoms with E-state index in [0.717, 1.165) is 24.2 Å². The van der Waals surface area contributed by atoms with Gasteiger partial charge in [0, 0.05) is 25.9 Å². The summed E-state index contributed by atoms with van der Waals surface area (Å²) in [5, 5.41) is 13.4. The summed E-state index contributed by atoms with van der Waals surface area (Å²) in [7, 11) is 1.71. The van der Waals surface area contributed by atoms with E-state index in [1.165, 1.54) is 21.5 Å². The average molecular weight is 424 g/mol. The maximum absolute atomic E-state index is 12.4. The van der Waals surface area contributed by atoms with E-state index in [1.807, 2.05) is 41.0 Å². The fourth-order valence-corrected chi connectivity index (χ4v) is 4.52. The van der Waals surface area contributed by atoms with Gasteiger partial charge in [0.25, 0.3) is 5.56 Å². The van der Waals surface area contributed by atoms with E-state index in [9.17, 15) is 9.59 Å². The number of nitrogens with one attached hydrogen (secondary N) is 1. The first-order chi connectivity index (χ1) is 14.5. The minimum Gasteiger partial charge on any atom is -0.354 e. The Kier molecular flexibility index (Phi) is 5.94. The summed E-state index contributed by atoms with van der Waals surface area (Å²) >= 11 is 1.42. The van der Waals surface area contributed by atoms with Crippen molar-refractivity contribution in [3.8, 4) is 0 Å². The SMILES string of the molecule is CC(CCc1ccccc1)NC(=O)CCCc1nnc2n(C)c(=O)c3sccc3n12. The zero-order valence-electron chi connectivity index (χ0n) is 17.2. The van der Waals surface area contributed by atoms with Gasteiger partial charge in [-0.1, -0.05) is 30.3 Å². The molecule has 4 aromatic rings. The third kappa shape index (κ3) is 4.14. The number of aryl methyl sites for hydroxylation is 3. The average Bonchev–Trinajstić information content (AvgIpc) is 3.38. The predicted octanol–water partition coefficient (Wildman–Crippen LogP) is 3.10. The van der Waals surface area contributed by atoms with Crippen LogP contribution in [-0.4, -0.2) is 31.1 Å². The van der Waals surface area contributed by atoms with Crippen molar-refractivity contribution in [2.24, 2.45) is 7.05 Å². The molecule has 0 fully saturated rings. The van der Waals surface area contributed by atoms with Gasteiger partial charge in [0.05, 0.1) is 5.52 Å². The quantitative estimate of drug-likeness (QED) is 0.472. The van der Waals surface area contributed by atoms with Crippen LogP contribution >= 0.6 is 11.3 Å². The lowest BCUT2D eigenvalue weighted by Gasteiger charge is -2.14. The van der Waals surface area contributed by atoms with Crippen molar-refractivity contribution in [2.75, 3.05) is 0 Å². The fourth-order valence-electron chi connectivity index (χ4n) is 3.67. The second kappa shape index (κ2) is 8.79. The van der Waals surface area contributed by atoms with Crippen LogP contribution in [0.2, 0.25) is 0 Å². The summed E-state index contributed by atoms with van der Waals surface area (Å²) in [6.45, 7) is 2.04. The Labute approximate surface area is 178 Å². The van der Waals surface area contributed by atoms with E-state index >= 15 is 0 Å². The van der Waals surface area contributed by atoms with Crippen molar-refractivity contribution in [3.05, 3.63) is 63.5 Å². The molecule has 1 aromatic carbocycles. The van der Waals surface area contributed by atoms with Gasteiger partial charge in [0.15, 0.2) is 0 Å². The van der Waals surface area contributed by atoms with Crippen LogP contribution in [0.25, 0.3) is 16.0 Å². The van der Waals surface area contributed by atoms with Crippen molar-refractivity contribution in [1.82, 2.24) is 24.5 Å². The van der Waals surface area contributed by atoms with E-state index in [0.29, 0.717) is 29.7 Å². The van der Waals surface area contributed by atoms with Crippen LogP contribution in [0.4, 0.5) is 0 Å². The minimum absolute atomic E-state index is 0.0532. The molecule has 0 radical (unpaired) electrons. The standard InChI is InChI=1S/C22H25N5O2S/c1-15(11-12-16-7-4-3-5-8-16)23-19(28)10-6-9-18-24-25-22-26(2)21(29)20-17(27(18)22)13-14-30-20/h3-5,7-8,13-15H,6,9-12H2,1-2H3,(H,23,28). The lowest BCUT2D eigenvalue weighted by molar-refractivity contribution is -0.121. The van der Waals surface area contributed by atoms with Crippen LogP contribution in [0.15, 0.2) is 46.6 Å². The Morgan fingerprint density at radius 1 is 1.17 bits per heavy atom. The highest BCUT2D eigenvalue weighted by molar-refractivity contribution is 7.17. The first kappa shape index (κ1) is 20.3. The molecule has 4 rings (SSSR count). The first-order valence-corrected chi connectivity index (χ1v) is 11.1. The van der Waals surface area contributed by atoms with Crippen LogP contribution in [-0.2, 0) is 24.7 Å². The molecule has 7 nitrogen and oxygen atoms in total. The number of nitrogens with zero attached hydrogens (tertiary/aromatic N) is 4. The van der Waals surface area contributed by atoms with E-state index < -0.39 is 0 Å². The van der Waals surface area contributed by atoms with Crippen LogP contribution in [0.3, 0.4) is 0 Å². The van der Waals surface area contributed by atoms with Gasteiger partial charge >= 0.3 is 0 Å². The highest BCUT2D eigenvalue weighted by Crippen LogP contribution is 2.20. The number of hydrogen-bond donors (Lipinski definition) is 1. The number of thiophene rings is 1. The summed E-state index contributed by atoms with van der Waals surface area (Å²) < 4.78 is 4.14. The highest BCUT2D eigenvalue weighted by atomic mass is 32.1. The summed E-state index contributed by atoms with van der Waals surface area (Å²) in [6.07, 6.45) is 3.59. The van der Waals surface area contributed by atoms with Crippen molar-refractivity contribution < 1.29 is 4.79 Å². The topological polar surface area (TPSA) is 81.3 Å². The molecule has 0 aliphatic heterocycles. The summed E-state index contributed by atoms with van der Waals surface area (Å²) in [6, 6.07) is 12.4. The molecule has 156 valence electrons. The number of benzene rings is 1. The lowest BCUT2D eigenvalue weighted by Crippen LogP contribution is -2.32. The fraction of sp³-hybridized carbons (Fsp3) is 0.364. The first-order valence-electron chi connectivity index (χ1n) is 10.2. The second-order valence-electron chi connectivity index (χ2n) is 7.60. The number of amides is 1. The van der Waals surface area contributed by atoms with E-state index in [2.05, 4.69) is 27.6 Å². The molecule has 0 spiro atoms. The van der Waals surface area contributed by atoms with Crippen molar-refractivity contribution >= 4 is 33.2 Å². The molecule has 0 aliphatic carbocycles. The number of hydrogen-bond acceptors (Lipinski definition) is 5. The molecule has 1 unspecified atom stereocenters. The molecule has 0 bridgehead atoms. The molecular weight excluding hydrogens is 398 g/mol. The largest absolute Gasteiger partial charge is 0.354 e. The Morgan fingerprint density at radius 3 is 2.77 bits per heavy atom. The predicted molar refractivity (Wildman–Crippen MR) is 119 cm³/mol. The van der Waals surface area contributed by atoms with Crippen LogP contribution in [0.1, 0.15) is 37.6 Å². The van der Waals surface area contributed by atoms with Gasteiger partial charge < -0.3 is 5.32 Å². The monoisotopic (exact) mass is 423 g/mol. The summed E-state index contributed by atoms with van der Waals surface area (Å²) in [5.74, 6) is 1.35. The molecule has 0 aliphatic rings. The second-order valence-corrected chi connectivity index (χ2v) is 8.51. The number of carbonyl (C=O) groups is 1. The van der Waals surface area contributed by atoms with Crippen molar-refractivity contribution in [3.63, 3.8) is 0 Å². The van der Waals surface area contributed by atoms with Gasteiger partial charge in [-0.05, 0) is 43.2 Å². The van der Waals surface area contributed by atoms with Gasteiger partial charge in [-0.15, -0.1) is 21.5 Å². The van der Waals surface area contributed by atoms with E-state index in [4.69, 9.17) is 0 Å². The Hall–Kier alpha value is -3.00. The Bertz CT molecular complexity index is 1230. The van der Waals surface area contributed by atoms with Crippen LogP contribution in [0.5, 0.6) is 0 Å². The zero-order chi connectivity index (χ0) is 21.1. The Balaban J connectivity index is 1.34. The molecular formula is C22H25N5O2S. The van der Waals surface area contributed by atoms with Gasteiger partial charge in [-0.2, -0.15) is 0 Å². The lowest BCUT2D eigenvalue weighted by atomic mass is 10.1. The number of fused-ring (bicyclic) bond motifs is 3. The molecule has 8 heteroatoms. The van der Waals surface area contributed by atoms with Crippen molar-refractivity contribution in [2.45, 2.75) is 45.1 Å². The number of rotatable bonds is 8. The number of carbonyl (C=O) groups excluding carboxylic acids is 1. The minimum atomic E-state index is -0.0599. The van der Waals surface area contributed by atoms with Crippen LogP contribution in [0, 0.1) is 0 Å². The smallest absolute Gasteiger partial charge is 0.272 e. The number of aromatic nitrogens is 4. The van der Waals surface area contributed by atoms with Gasteiger partial charge in [-0.25, -0.2) is 0 Å². The maximum Gasteiger partial charge on any atom is 0.272 e. The molecule has 3 heterocycles. The molecule has 30 heavy (non-hydrogen) atoms. The molecule has 0 saturated heterocycles. The third-order valence-corrected chi connectivity index (χ3v) is 6.21. The molecule has 3 aromatic heterocycles. The molecule has 0 saturated carbocycles. The maximum atomic E-state index is 12.4.